The van der Waals surface area contributed by atoms with Crippen molar-refractivity contribution >= 4 is 32.6 Å². The molecule has 0 spiro atoms. The van der Waals surface area contributed by atoms with Crippen molar-refractivity contribution in [1.82, 2.24) is 14.8 Å². The third-order valence-corrected chi connectivity index (χ3v) is 3.58. The summed E-state index contributed by atoms with van der Waals surface area (Å²) in [6, 6.07) is 6.32. The van der Waals surface area contributed by atoms with Gasteiger partial charge in [0.15, 0.2) is 5.13 Å². The molecule has 0 saturated heterocycles. The van der Waals surface area contributed by atoms with Gasteiger partial charge in [0.05, 0.1) is 4.70 Å². The van der Waals surface area contributed by atoms with Crippen LogP contribution in [0.1, 0.15) is 10.5 Å². The third-order valence-electron chi connectivity index (χ3n) is 2.64. The fraction of sp³-hybridized carbons (Fsp3) is 0.0833. The molecule has 0 radical (unpaired) electrons. The Morgan fingerprint density at radius 2 is 2.26 bits per heavy atom. The Bertz CT molecular complexity index is 764. The van der Waals surface area contributed by atoms with Gasteiger partial charge in [-0.15, -0.1) is 0 Å². The first-order valence-electron chi connectivity index (χ1n) is 5.49. The zero-order chi connectivity index (χ0) is 13.4. The molecule has 0 aliphatic carbocycles. The van der Waals surface area contributed by atoms with Crippen LogP contribution in [-0.4, -0.2) is 20.7 Å². The number of carbonyl (C=O) groups excluding carboxylic acids is 1. The summed E-state index contributed by atoms with van der Waals surface area (Å²) >= 11 is 1.23. The quantitative estimate of drug-likeness (QED) is 0.782. The van der Waals surface area contributed by atoms with Gasteiger partial charge in [-0.3, -0.25) is 14.8 Å². The number of hydrogen-bond donors (Lipinski definition) is 1. The van der Waals surface area contributed by atoms with Crippen LogP contribution in [-0.2, 0) is 7.05 Å². The third kappa shape index (κ3) is 2.08. The normalized spacial score (nSPS) is 10.8. The first-order chi connectivity index (χ1) is 9.15. The number of benzene rings is 1. The van der Waals surface area contributed by atoms with Gasteiger partial charge in [0, 0.05) is 13.2 Å². The van der Waals surface area contributed by atoms with Crippen LogP contribution in [0.3, 0.4) is 0 Å². The summed E-state index contributed by atoms with van der Waals surface area (Å²) in [6.07, 6.45) is 1.53. The van der Waals surface area contributed by atoms with Crippen LogP contribution >= 0.6 is 11.3 Å². The van der Waals surface area contributed by atoms with E-state index in [1.807, 2.05) is 0 Å². The molecule has 0 aliphatic heterocycles. The zero-order valence-corrected chi connectivity index (χ0v) is 10.7. The van der Waals surface area contributed by atoms with E-state index in [9.17, 15) is 9.18 Å². The summed E-state index contributed by atoms with van der Waals surface area (Å²) in [5.41, 5.74) is 0.688. The van der Waals surface area contributed by atoms with E-state index in [-0.39, 0.29) is 11.4 Å². The van der Waals surface area contributed by atoms with E-state index in [1.54, 1.807) is 25.2 Å². The van der Waals surface area contributed by atoms with E-state index in [4.69, 9.17) is 0 Å². The Morgan fingerprint density at radius 3 is 2.95 bits per heavy atom. The molecule has 5 nitrogen and oxygen atoms in total. The van der Waals surface area contributed by atoms with Gasteiger partial charge < -0.3 is 0 Å². The number of thiazole rings is 1. The molecule has 19 heavy (non-hydrogen) atoms. The van der Waals surface area contributed by atoms with Crippen molar-refractivity contribution in [2.45, 2.75) is 0 Å². The summed E-state index contributed by atoms with van der Waals surface area (Å²) in [5, 5.41) is 6.92. The smallest absolute Gasteiger partial charge is 0.275 e. The van der Waals surface area contributed by atoms with E-state index < -0.39 is 5.82 Å². The van der Waals surface area contributed by atoms with Gasteiger partial charge in [0.2, 0.25) is 0 Å². The number of fused-ring (bicyclic) bond motifs is 1. The topological polar surface area (TPSA) is 59.8 Å². The Morgan fingerprint density at radius 1 is 1.42 bits per heavy atom. The van der Waals surface area contributed by atoms with Crippen molar-refractivity contribution in [1.29, 1.82) is 0 Å². The molecule has 1 amide bonds. The fourth-order valence-electron chi connectivity index (χ4n) is 1.73. The Labute approximate surface area is 111 Å². The number of hydrogen-bond acceptors (Lipinski definition) is 4. The Hall–Kier alpha value is -2.28. The number of para-hydroxylation sites is 1. The summed E-state index contributed by atoms with van der Waals surface area (Å²) in [7, 11) is 1.67. The second-order valence-electron chi connectivity index (χ2n) is 3.90. The van der Waals surface area contributed by atoms with Gasteiger partial charge in [-0.2, -0.15) is 5.10 Å². The lowest BCUT2D eigenvalue weighted by Crippen LogP contribution is -2.15. The molecular weight excluding hydrogens is 267 g/mol. The number of aryl methyl sites for hydroxylation is 1. The van der Waals surface area contributed by atoms with Crippen molar-refractivity contribution in [3.8, 4) is 0 Å². The predicted octanol–water partition coefficient (Wildman–Crippen LogP) is 2.42. The molecule has 3 rings (SSSR count). The van der Waals surface area contributed by atoms with Crippen LogP contribution in [0, 0.1) is 5.82 Å². The lowest BCUT2D eigenvalue weighted by Gasteiger charge is -2.00. The van der Waals surface area contributed by atoms with Gasteiger partial charge >= 0.3 is 0 Å². The molecule has 0 aliphatic rings. The second-order valence-corrected chi connectivity index (χ2v) is 4.93. The molecule has 96 valence electrons. The molecule has 2 heterocycles. The van der Waals surface area contributed by atoms with E-state index in [0.717, 1.165) is 0 Å². The summed E-state index contributed by atoms with van der Waals surface area (Å²) in [6.45, 7) is 0. The van der Waals surface area contributed by atoms with Crippen LogP contribution in [0.4, 0.5) is 9.52 Å². The Kier molecular flexibility index (Phi) is 2.75. The number of anilines is 1. The van der Waals surface area contributed by atoms with Gasteiger partial charge in [0.25, 0.3) is 5.91 Å². The monoisotopic (exact) mass is 276 g/mol. The maximum atomic E-state index is 13.5. The fourth-order valence-corrected chi connectivity index (χ4v) is 2.60. The minimum atomic E-state index is -0.394. The average Bonchev–Trinajstić information content (AvgIpc) is 2.95. The Balaban J connectivity index is 1.92. The highest BCUT2D eigenvalue weighted by Crippen LogP contribution is 2.27. The summed E-state index contributed by atoms with van der Waals surface area (Å²) in [5.74, 6) is -0.714. The largest absolute Gasteiger partial charge is 0.296 e. The zero-order valence-electron chi connectivity index (χ0n) is 9.92. The second kappa shape index (κ2) is 4.43. The molecule has 7 heteroatoms. The van der Waals surface area contributed by atoms with E-state index in [1.165, 1.54) is 28.3 Å². The molecule has 1 aromatic carbocycles. The van der Waals surface area contributed by atoms with Crippen LogP contribution in [0.15, 0.2) is 30.5 Å². The van der Waals surface area contributed by atoms with E-state index in [0.29, 0.717) is 15.5 Å². The maximum Gasteiger partial charge on any atom is 0.275 e. The van der Waals surface area contributed by atoms with Crippen LogP contribution in [0.5, 0.6) is 0 Å². The SMILES string of the molecule is Cn1nccc1C(=O)Nc1nc2c(F)cccc2s1. The van der Waals surface area contributed by atoms with Crippen molar-refractivity contribution in [2.75, 3.05) is 5.32 Å². The lowest BCUT2D eigenvalue weighted by molar-refractivity contribution is 0.101. The number of rotatable bonds is 2. The molecule has 0 unspecified atom stereocenters. The van der Waals surface area contributed by atoms with Crippen LogP contribution < -0.4 is 5.32 Å². The van der Waals surface area contributed by atoms with Crippen molar-refractivity contribution in [2.24, 2.45) is 7.05 Å². The minimum absolute atomic E-state index is 0.271. The van der Waals surface area contributed by atoms with Crippen molar-refractivity contribution in [3.05, 3.63) is 42.0 Å². The molecule has 0 atom stereocenters. The van der Waals surface area contributed by atoms with Gasteiger partial charge in [-0.05, 0) is 18.2 Å². The number of carbonyl (C=O) groups is 1. The number of halogens is 1. The van der Waals surface area contributed by atoms with Gasteiger partial charge in [0.1, 0.15) is 17.0 Å². The van der Waals surface area contributed by atoms with Crippen molar-refractivity contribution in [3.63, 3.8) is 0 Å². The number of nitrogens with one attached hydrogen (secondary N) is 1. The standard InChI is InChI=1S/C12H9FN4OS/c1-17-8(5-6-14-17)11(18)16-12-15-10-7(13)3-2-4-9(10)19-12/h2-6H,1H3,(H,15,16,18). The number of nitrogens with zero attached hydrogens (tertiary/aromatic N) is 3. The molecular formula is C12H9FN4OS. The van der Waals surface area contributed by atoms with E-state index in [2.05, 4.69) is 15.4 Å². The minimum Gasteiger partial charge on any atom is -0.296 e. The summed E-state index contributed by atoms with van der Waals surface area (Å²) in [4.78, 5) is 16.0. The summed E-state index contributed by atoms with van der Waals surface area (Å²) < 4.78 is 15.6. The highest BCUT2D eigenvalue weighted by molar-refractivity contribution is 7.22. The molecule has 1 N–H and O–H groups in total. The first-order valence-corrected chi connectivity index (χ1v) is 6.31. The molecule has 2 aromatic heterocycles. The maximum absolute atomic E-state index is 13.5. The average molecular weight is 276 g/mol. The number of aromatic nitrogens is 3. The molecule has 3 aromatic rings. The van der Waals surface area contributed by atoms with Crippen molar-refractivity contribution < 1.29 is 9.18 Å². The molecule has 0 fully saturated rings. The highest BCUT2D eigenvalue weighted by Gasteiger charge is 2.13. The predicted molar refractivity (Wildman–Crippen MR) is 70.7 cm³/mol. The molecule has 0 saturated carbocycles. The van der Waals surface area contributed by atoms with Gasteiger partial charge in [-0.1, -0.05) is 17.4 Å². The van der Waals surface area contributed by atoms with E-state index >= 15 is 0 Å². The highest BCUT2D eigenvalue weighted by atomic mass is 32.1. The number of amides is 1. The lowest BCUT2D eigenvalue weighted by atomic mass is 10.3. The first kappa shape index (κ1) is 11.8. The van der Waals surface area contributed by atoms with Crippen LogP contribution in [0.25, 0.3) is 10.2 Å². The molecule has 0 bridgehead atoms. The van der Waals surface area contributed by atoms with Gasteiger partial charge in [-0.25, -0.2) is 9.37 Å². The van der Waals surface area contributed by atoms with Crippen LogP contribution in [0.2, 0.25) is 0 Å².